The number of hydrogen-bond acceptors (Lipinski definition) is 3. The molecule has 1 aromatic carbocycles. The quantitative estimate of drug-likeness (QED) is 0.869. The average Bonchev–Trinajstić information content (AvgIpc) is 2.44. The summed E-state index contributed by atoms with van der Waals surface area (Å²) >= 11 is 0. The van der Waals surface area contributed by atoms with Crippen molar-refractivity contribution in [3.05, 3.63) is 18.2 Å². The highest BCUT2D eigenvalue weighted by atomic mass is 16.5. The van der Waals surface area contributed by atoms with Gasteiger partial charge in [-0.3, -0.25) is 0 Å². The lowest BCUT2D eigenvalue weighted by atomic mass is 9.79. The summed E-state index contributed by atoms with van der Waals surface area (Å²) in [5, 5.41) is 3.65. The molecule has 0 heterocycles. The number of anilines is 1. The van der Waals surface area contributed by atoms with Gasteiger partial charge in [-0.25, -0.2) is 0 Å². The molecule has 112 valence electrons. The Morgan fingerprint density at radius 1 is 1.15 bits per heavy atom. The van der Waals surface area contributed by atoms with Gasteiger partial charge in [0.2, 0.25) is 0 Å². The standard InChI is InChI=1S/C17H27NO2/c1-5-20-17-11-15(8-9-16(17)19-4)18-14-7-6-12(2)13(3)10-14/h8-9,11-14,18H,5-7,10H2,1-4H3. The number of methoxy groups -OCH3 is 1. The van der Waals surface area contributed by atoms with Crippen LogP contribution in [-0.2, 0) is 0 Å². The largest absolute Gasteiger partial charge is 0.493 e. The maximum Gasteiger partial charge on any atom is 0.163 e. The van der Waals surface area contributed by atoms with Crippen LogP contribution in [0.2, 0.25) is 0 Å². The maximum atomic E-state index is 5.63. The zero-order valence-electron chi connectivity index (χ0n) is 13.1. The normalized spacial score (nSPS) is 26.1. The van der Waals surface area contributed by atoms with E-state index < -0.39 is 0 Å². The fourth-order valence-corrected chi connectivity index (χ4v) is 2.95. The van der Waals surface area contributed by atoms with Gasteiger partial charge in [-0.2, -0.15) is 0 Å². The first-order valence-electron chi connectivity index (χ1n) is 7.71. The van der Waals surface area contributed by atoms with E-state index in [0.29, 0.717) is 12.6 Å². The Morgan fingerprint density at radius 3 is 2.60 bits per heavy atom. The van der Waals surface area contributed by atoms with Crippen LogP contribution in [0.3, 0.4) is 0 Å². The minimum atomic E-state index is 0.573. The molecule has 2 rings (SSSR count). The number of hydrogen-bond donors (Lipinski definition) is 1. The molecule has 0 aromatic heterocycles. The summed E-state index contributed by atoms with van der Waals surface area (Å²) in [5.74, 6) is 3.26. The van der Waals surface area contributed by atoms with Crippen molar-refractivity contribution in [3.63, 3.8) is 0 Å². The van der Waals surface area contributed by atoms with Crippen molar-refractivity contribution in [2.24, 2.45) is 11.8 Å². The van der Waals surface area contributed by atoms with E-state index in [9.17, 15) is 0 Å². The van der Waals surface area contributed by atoms with Crippen LogP contribution in [0, 0.1) is 11.8 Å². The monoisotopic (exact) mass is 277 g/mol. The minimum absolute atomic E-state index is 0.573. The van der Waals surface area contributed by atoms with Gasteiger partial charge in [0.15, 0.2) is 11.5 Å². The Labute approximate surface area is 122 Å². The first kappa shape index (κ1) is 15.0. The zero-order valence-corrected chi connectivity index (χ0v) is 13.1. The predicted molar refractivity (Wildman–Crippen MR) is 83.8 cm³/mol. The zero-order chi connectivity index (χ0) is 14.5. The Hall–Kier alpha value is -1.38. The van der Waals surface area contributed by atoms with Gasteiger partial charge in [0, 0.05) is 17.8 Å². The highest BCUT2D eigenvalue weighted by Crippen LogP contribution is 2.34. The van der Waals surface area contributed by atoms with Gasteiger partial charge in [-0.15, -0.1) is 0 Å². The molecule has 3 unspecified atom stereocenters. The lowest BCUT2D eigenvalue weighted by Gasteiger charge is -2.33. The minimum Gasteiger partial charge on any atom is -0.493 e. The predicted octanol–water partition coefficient (Wildman–Crippen LogP) is 4.33. The molecule has 1 aliphatic carbocycles. The van der Waals surface area contributed by atoms with E-state index in [-0.39, 0.29) is 0 Å². The molecule has 0 aliphatic heterocycles. The molecule has 1 N–H and O–H groups in total. The van der Waals surface area contributed by atoms with Crippen molar-refractivity contribution in [1.29, 1.82) is 0 Å². The van der Waals surface area contributed by atoms with Crippen molar-refractivity contribution in [3.8, 4) is 11.5 Å². The van der Waals surface area contributed by atoms with E-state index in [0.717, 1.165) is 29.0 Å². The highest BCUT2D eigenvalue weighted by molar-refractivity contribution is 5.55. The molecule has 0 spiro atoms. The van der Waals surface area contributed by atoms with Crippen molar-refractivity contribution in [1.82, 2.24) is 0 Å². The van der Waals surface area contributed by atoms with Gasteiger partial charge < -0.3 is 14.8 Å². The Morgan fingerprint density at radius 2 is 1.95 bits per heavy atom. The molecule has 1 fully saturated rings. The van der Waals surface area contributed by atoms with Gasteiger partial charge in [0.1, 0.15) is 0 Å². The summed E-state index contributed by atoms with van der Waals surface area (Å²) < 4.78 is 11.0. The Bertz CT molecular complexity index is 433. The average molecular weight is 277 g/mol. The Kier molecular flexibility index (Phi) is 5.16. The van der Waals surface area contributed by atoms with Gasteiger partial charge in [-0.1, -0.05) is 13.8 Å². The van der Waals surface area contributed by atoms with Gasteiger partial charge in [-0.05, 0) is 50.2 Å². The van der Waals surface area contributed by atoms with Crippen LogP contribution < -0.4 is 14.8 Å². The van der Waals surface area contributed by atoms with E-state index >= 15 is 0 Å². The van der Waals surface area contributed by atoms with E-state index in [1.165, 1.54) is 19.3 Å². The molecule has 0 bridgehead atoms. The topological polar surface area (TPSA) is 30.5 Å². The molecule has 20 heavy (non-hydrogen) atoms. The molecule has 0 radical (unpaired) electrons. The molecule has 0 amide bonds. The molecule has 3 heteroatoms. The highest BCUT2D eigenvalue weighted by Gasteiger charge is 2.24. The lowest BCUT2D eigenvalue weighted by molar-refractivity contribution is 0.261. The summed E-state index contributed by atoms with van der Waals surface area (Å²) in [4.78, 5) is 0. The molecule has 1 aliphatic rings. The van der Waals surface area contributed by atoms with Crippen LogP contribution in [0.4, 0.5) is 5.69 Å². The van der Waals surface area contributed by atoms with E-state index in [1.54, 1.807) is 7.11 Å². The SMILES string of the molecule is CCOc1cc(NC2CCC(C)C(C)C2)ccc1OC. The third kappa shape index (κ3) is 3.59. The summed E-state index contributed by atoms with van der Waals surface area (Å²) in [7, 11) is 1.68. The third-order valence-electron chi connectivity index (χ3n) is 4.43. The Balaban J connectivity index is 2.04. The summed E-state index contributed by atoms with van der Waals surface area (Å²) in [6.45, 7) is 7.36. The third-order valence-corrected chi connectivity index (χ3v) is 4.43. The number of benzene rings is 1. The molecule has 1 aromatic rings. The van der Waals surface area contributed by atoms with Crippen LogP contribution in [-0.4, -0.2) is 19.8 Å². The van der Waals surface area contributed by atoms with Crippen molar-refractivity contribution < 1.29 is 9.47 Å². The smallest absolute Gasteiger partial charge is 0.163 e. The van der Waals surface area contributed by atoms with Crippen molar-refractivity contribution >= 4 is 5.69 Å². The summed E-state index contributed by atoms with van der Waals surface area (Å²) in [6, 6.07) is 6.67. The second-order valence-corrected chi connectivity index (χ2v) is 5.91. The van der Waals surface area contributed by atoms with Crippen LogP contribution >= 0.6 is 0 Å². The van der Waals surface area contributed by atoms with Crippen LogP contribution in [0.25, 0.3) is 0 Å². The first-order valence-corrected chi connectivity index (χ1v) is 7.71. The molecular weight excluding hydrogens is 250 g/mol. The molecule has 3 nitrogen and oxygen atoms in total. The molecular formula is C17H27NO2. The van der Waals surface area contributed by atoms with Gasteiger partial charge in [0.05, 0.1) is 13.7 Å². The number of ether oxygens (including phenoxy) is 2. The lowest BCUT2D eigenvalue weighted by Crippen LogP contribution is -2.30. The van der Waals surface area contributed by atoms with E-state index in [2.05, 4.69) is 25.2 Å². The summed E-state index contributed by atoms with van der Waals surface area (Å²) in [5.41, 5.74) is 1.13. The fourth-order valence-electron chi connectivity index (χ4n) is 2.95. The van der Waals surface area contributed by atoms with Crippen molar-refractivity contribution in [2.75, 3.05) is 19.0 Å². The van der Waals surface area contributed by atoms with Crippen LogP contribution in [0.15, 0.2) is 18.2 Å². The van der Waals surface area contributed by atoms with E-state index in [4.69, 9.17) is 9.47 Å². The fraction of sp³-hybridized carbons (Fsp3) is 0.647. The summed E-state index contributed by atoms with van der Waals surface area (Å²) in [6.07, 6.45) is 3.81. The number of nitrogens with one attached hydrogen (secondary N) is 1. The molecule has 3 atom stereocenters. The van der Waals surface area contributed by atoms with Gasteiger partial charge in [0.25, 0.3) is 0 Å². The first-order chi connectivity index (χ1) is 9.63. The van der Waals surface area contributed by atoms with Crippen LogP contribution in [0.1, 0.15) is 40.0 Å². The second kappa shape index (κ2) is 6.87. The second-order valence-electron chi connectivity index (χ2n) is 5.91. The van der Waals surface area contributed by atoms with Gasteiger partial charge >= 0.3 is 0 Å². The van der Waals surface area contributed by atoms with Crippen molar-refractivity contribution in [2.45, 2.75) is 46.1 Å². The number of rotatable bonds is 5. The maximum absolute atomic E-state index is 5.63. The molecule has 1 saturated carbocycles. The van der Waals surface area contributed by atoms with E-state index in [1.807, 2.05) is 19.1 Å². The molecule has 0 saturated heterocycles. The van der Waals surface area contributed by atoms with Crippen LogP contribution in [0.5, 0.6) is 11.5 Å².